The van der Waals surface area contributed by atoms with E-state index in [-0.39, 0.29) is 6.04 Å². The molecule has 0 aliphatic carbocycles. The van der Waals surface area contributed by atoms with Crippen LogP contribution in [0.1, 0.15) is 24.4 Å². The summed E-state index contributed by atoms with van der Waals surface area (Å²) >= 11 is 7.08. The third kappa shape index (κ3) is 4.28. The fourth-order valence-corrected chi connectivity index (χ4v) is 3.40. The summed E-state index contributed by atoms with van der Waals surface area (Å²) < 4.78 is 7.58. The molecule has 0 saturated carbocycles. The predicted octanol–water partition coefficient (Wildman–Crippen LogP) is 3.57. The summed E-state index contributed by atoms with van der Waals surface area (Å²) in [5.41, 5.74) is 7.27. The van der Waals surface area contributed by atoms with Gasteiger partial charge in [0.15, 0.2) is 0 Å². The van der Waals surface area contributed by atoms with Crippen molar-refractivity contribution in [2.24, 2.45) is 11.7 Å². The smallest absolute Gasteiger partial charge is 0.0469 e. The molecule has 0 radical (unpaired) electrons. The van der Waals surface area contributed by atoms with Gasteiger partial charge in [0, 0.05) is 41.3 Å². The van der Waals surface area contributed by atoms with Crippen LogP contribution in [-0.4, -0.2) is 38.3 Å². The normalized spacial score (nSPS) is 18.4. The molecule has 1 atom stereocenters. The minimum atomic E-state index is 0.266. The van der Waals surface area contributed by atoms with Gasteiger partial charge in [0.05, 0.1) is 0 Å². The SMILES string of the molecule is CN(CC1CCOCC1)C(CN)c1ccc(Br)c(Br)c1. The second-order valence-electron chi connectivity index (χ2n) is 5.42. The first-order valence-corrected chi connectivity index (χ1v) is 8.63. The second-order valence-corrected chi connectivity index (χ2v) is 7.13. The van der Waals surface area contributed by atoms with Crippen LogP contribution in [0.2, 0.25) is 0 Å². The Balaban J connectivity index is 2.03. The van der Waals surface area contributed by atoms with Crippen molar-refractivity contribution in [2.75, 3.05) is 33.4 Å². The summed E-state index contributed by atoms with van der Waals surface area (Å²) in [7, 11) is 2.17. The fraction of sp³-hybridized carbons (Fsp3) is 0.600. The van der Waals surface area contributed by atoms with E-state index >= 15 is 0 Å². The molecule has 1 saturated heterocycles. The van der Waals surface area contributed by atoms with Crippen molar-refractivity contribution in [2.45, 2.75) is 18.9 Å². The highest BCUT2D eigenvalue weighted by atomic mass is 79.9. The fourth-order valence-electron chi connectivity index (χ4n) is 2.75. The van der Waals surface area contributed by atoms with Gasteiger partial charge in [0.2, 0.25) is 0 Å². The highest BCUT2D eigenvalue weighted by molar-refractivity contribution is 9.13. The lowest BCUT2D eigenvalue weighted by atomic mass is 9.98. The van der Waals surface area contributed by atoms with E-state index in [1.54, 1.807) is 0 Å². The highest BCUT2D eigenvalue weighted by Gasteiger charge is 2.21. The molecular formula is C15H22Br2N2O. The molecule has 1 heterocycles. The predicted molar refractivity (Wildman–Crippen MR) is 89.8 cm³/mol. The molecule has 112 valence electrons. The van der Waals surface area contributed by atoms with Gasteiger partial charge in [-0.1, -0.05) is 6.07 Å². The number of hydrogen-bond acceptors (Lipinski definition) is 3. The molecule has 1 unspecified atom stereocenters. The quantitative estimate of drug-likeness (QED) is 0.813. The van der Waals surface area contributed by atoms with E-state index in [2.05, 4.69) is 62.0 Å². The van der Waals surface area contributed by atoms with Gasteiger partial charge in [-0.25, -0.2) is 0 Å². The van der Waals surface area contributed by atoms with E-state index in [0.717, 1.165) is 47.5 Å². The molecule has 0 aromatic heterocycles. The summed E-state index contributed by atoms with van der Waals surface area (Å²) in [6, 6.07) is 6.64. The minimum Gasteiger partial charge on any atom is -0.381 e. The van der Waals surface area contributed by atoms with E-state index in [1.807, 2.05) is 0 Å². The van der Waals surface area contributed by atoms with Crippen LogP contribution < -0.4 is 5.73 Å². The Kier molecular flexibility index (Phi) is 6.49. The van der Waals surface area contributed by atoms with E-state index in [4.69, 9.17) is 10.5 Å². The van der Waals surface area contributed by atoms with Crippen LogP contribution in [0.5, 0.6) is 0 Å². The summed E-state index contributed by atoms with van der Waals surface area (Å²) in [6.07, 6.45) is 2.32. The summed E-state index contributed by atoms with van der Waals surface area (Å²) in [5, 5.41) is 0. The van der Waals surface area contributed by atoms with Gasteiger partial charge in [0.1, 0.15) is 0 Å². The summed E-state index contributed by atoms with van der Waals surface area (Å²) in [4.78, 5) is 2.38. The Bertz CT molecular complexity index is 436. The zero-order chi connectivity index (χ0) is 14.5. The van der Waals surface area contributed by atoms with Crippen LogP contribution >= 0.6 is 31.9 Å². The molecule has 0 amide bonds. The van der Waals surface area contributed by atoms with Gasteiger partial charge in [0.25, 0.3) is 0 Å². The number of likely N-dealkylation sites (N-methyl/N-ethyl adjacent to an activating group) is 1. The monoisotopic (exact) mass is 404 g/mol. The highest BCUT2D eigenvalue weighted by Crippen LogP contribution is 2.29. The molecule has 2 rings (SSSR count). The Morgan fingerprint density at radius 3 is 2.60 bits per heavy atom. The van der Waals surface area contributed by atoms with E-state index < -0.39 is 0 Å². The molecule has 1 aliphatic rings. The standard InChI is InChI=1S/C15H22Br2N2O/c1-19(10-11-4-6-20-7-5-11)15(9-18)12-2-3-13(16)14(17)8-12/h2-3,8,11,15H,4-7,9-10,18H2,1H3. The van der Waals surface area contributed by atoms with Crippen LogP contribution in [0.3, 0.4) is 0 Å². The van der Waals surface area contributed by atoms with Crippen LogP contribution in [0.25, 0.3) is 0 Å². The topological polar surface area (TPSA) is 38.5 Å². The Hall–Kier alpha value is 0.0600. The lowest BCUT2D eigenvalue weighted by Gasteiger charge is -2.32. The number of nitrogens with two attached hydrogens (primary N) is 1. The van der Waals surface area contributed by atoms with Gasteiger partial charge in [-0.15, -0.1) is 0 Å². The number of nitrogens with zero attached hydrogens (tertiary/aromatic N) is 1. The molecule has 1 aliphatic heterocycles. The first-order chi connectivity index (χ1) is 9.61. The molecule has 1 fully saturated rings. The van der Waals surface area contributed by atoms with Gasteiger partial charge >= 0.3 is 0 Å². The maximum atomic E-state index is 6.01. The molecule has 3 nitrogen and oxygen atoms in total. The molecule has 5 heteroatoms. The van der Waals surface area contributed by atoms with Gasteiger partial charge in [-0.2, -0.15) is 0 Å². The van der Waals surface area contributed by atoms with Crippen LogP contribution in [-0.2, 0) is 4.74 Å². The van der Waals surface area contributed by atoms with Gasteiger partial charge < -0.3 is 10.5 Å². The maximum absolute atomic E-state index is 6.01. The van der Waals surface area contributed by atoms with Gasteiger partial charge in [-0.05, 0) is 75.4 Å². The molecule has 2 N–H and O–H groups in total. The van der Waals surface area contributed by atoms with Crippen LogP contribution in [0.4, 0.5) is 0 Å². The molecule has 1 aromatic carbocycles. The zero-order valence-corrected chi connectivity index (χ0v) is 15.0. The molecular weight excluding hydrogens is 384 g/mol. The third-order valence-electron chi connectivity index (χ3n) is 3.97. The second kappa shape index (κ2) is 7.90. The van der Waals surface area contributed by atoms with Crippen molar-refractivity contribution in [3.63, 3.8) is 0 Å². The largest absolute Gasteiger partial charge is 0.381 e. The first-order valence-electron chi connectivity index (χ1n) is 7.04. The van der Waals surface area contributed by atoms with Crippen molar-refractivity contribution in [1.29, 1.82) is 0 Å². The number of ether oxygens (including phenoxy) is 1. The third-order valence-corrected chi connectivity index (χ3v) is 5.85. The number of halogens is 2. The first kappa shape index (κ1) is 16.4. The van der Waals surface area contributed by atoms with Crippen molar-refractivity contribution in [1.82, 2.24) is 4.90 Å². The minimum absolute atomic E-state index is 0.266. The Morgan fingerprint density at radius 1 is 1.30 bits per heavy atom. The average molecular weight is 406 g/mol. The van der Waals surface area contributed by atoms with Gasteiger partial charge in [-0.3, -0.25) is 4.90 Å². The number of rotatable bonds is 5. The average Bonchev–Trinajstić information content (AvgIpc) is 2.44. The lowest BCUT2D eigenvalue weighted by Crippen LogP contribution is -2.36. The van der Waals surface area contributed by atoms with E-state index in [1.165, 1.54) is 5.56 Å². The Labute approximate surface area is 138 Å². The van der Waals surface area contributed by atoms with Crippen molar-refractivity contribution < 1.29 is 4.74 Å². The van der Waals surface area contributed by atoms with E-state index in [0.29, 0.717) is 6.54 Å². The zero-order valence-electron chi connectivity index (χ0n) is 11.8. The van der Waals surface area contributed by atoms with Crippen LogP contribution in [0, 0.1) is 5.92 Å². The Morgan fingerprint density at radius 2 is 2.00 bits per heavy atom. The van der Waals surface area contributed by atoms with E-state index in [9.17, 15) is 0 Å². The van der Waals surface area contributed by atoms with Crippen LogP contribution in [0.15, 0.2) is 27.1 Å². The van der Waals surface area contributed by atoms with Crippen molar-refractivity contribution in [3.8, 4) is 0 Å². The van der Waals surface area contributed by atoms with Crippen molar-refractivity contribution >= 4 is 31.9 Å². The molecule has 20 heavy (non-hydrogen) atoms. The lowest BCUT2D eigenvalue weighted by molar-refractivity contribution is 0.0507. The number of benzene rings is 1. The number of hydrogen-bond donors (Lipinski definition) is 1. The van der Waals surface area contributed by atoms with Crippen molar-refractivity contribution in [3.05, 3.63) is 32.7 Å². The summed E-state index contributed by atoms with van der Waals surface area (Å²) in [6.45, 7) is 3.51. The molecule has 0 spiro atoms. The maximum Gasteiger partial charge on any atom is 0.0469 e. The summed E-state index contributed by atoms with van der Waals surface area (Å²) in [5.74, 6) is 0.724. The molecule has 1 aromatic rings. The molecule has 0 bridgehead atoms.